The third kappa shape index (κ3) is 7.59. The number of likely N-dealkylation sites (tertiary alicyclic amines) is 1. The highest BCUT2D eigenvalue weighted by atomic mass is 32.1. The Morgan fingerprint density at radius 1 is 1.18 bits per heavy atom. The van der Waals surface area contributed by atoms with Gasteiger partial charge in [0.25, 0.3) is 5.91 Å². The molecule has 1 amide bonds. The minimum atomic E-state index is -1.85. The topological polar surface area (TPSA) is 54.9 Å². The lowest BCUT2D eigenvalue weighted by molar-refractivity contribution is -0.128. The maximum Gasteiger partial charge on any atom is 0.273 e. The van der Waals surface area contributed by atoms with Crippen LogP contribution in [0.1, 0.15) is 80.0 Å². The molecule has 2 aromatic rings. The molecule has 1 spiro atoms. The first-order valence-electron chi connectivity index (χ1n) is 14.9. The quantitative estimate of drug-likeness (QED) is 0.289. The first kappa shape index (κ1) is 31.3. The summed E-state index contributed by atoms with van der Waals surface area (Å²) in [5.41, 5.74) is 1.71. The highest BCUT2D eigenvalue weighted by Crippen LogP contribution is 2.37. The molecule has 0 saturated carbocycles. The van der Waals surface area contributed by atoms with E-state index in [4.69, 9.17) is 9.16 Å². The number of piperidine rings is 1. The Balaban J connectivity index is 1.30. The molecule has 4 rings (SSSR count). The van der Waals surface area contributed by atoms with Gasteiger partial charge in [-0.05, 0) is 46.0 Å². The van der Waals surface area contributed by atoms with Gasteiger partial charge in [-0.2, -0.15) is 0 Å². The predicted octanol–water partition coefficient (Wildman–Crippen LogP) is 6.70. The van der Waals surface area contributed by atoms with Crippen molar-refractivity contribution in [2.45, 2.75) is 96.5 Å². The summed E-state index contributed by atoms with van der Waals surface area (Å²) in [6.07, 6.45) is 5.40. The molecule has 0 bridgehead atoms. The largest absolute Gasteiger partial charge is 0.564 e. The fraction of sp³-hybridized carbons (Fsp3) is 0.677. The van der Waals surface area contributed by atoms with Crippen LogP contribution in [0.3, 0.4) is 0 Å². The number of nitrogens with zero attached hydrogens (tertiary/aromatic N) is 3. The fourth-order valence-corrected chi connectivity index (χ4v) is 7.13. The maximum atomic E-state index is 15.5. The van der Waals surface area contributed by atoms with E-state index in [-0.39, 0.29) is 22.4 Å². The zero-order chi connectivity index (χ0) is 29.0. The molecule has 2 fully saturated rings. The molecule has 40 heavy (non-hydrogen) atoms. The van der Waals surface area contributed by atoms with Gasteiger partial charge in [0.2, 0.25) is 0 Å². The monoisotopic (exact) mass is 589 g/mol. The number of amides is 1. The molecule has 0 atom stereocenters. The van der Waals surface area contributed by atoms with Crippen molar-refractivity contribution in [1.82, 2.24) is 14.8 Å². The number of aromatic nitrogens is 1. The summed E-state index contributed by atoms with van der Waals surface area (Å²) < 4.78 is 28.0. The van der Waals surface area contributed by atoms with Gasteiger partial charge in [0.1, 0.15) is 11.5 Å². The van der Waals surface area contributed by atoms with E-state index in [1.54, 1.807) is 11.3 Å². The van der Waals surface area contributed by atoms with Gasteiger partial charge >= 0.3 is 0 Å². The Morgan fingerprint density at radius 2 is 1.90 bits per heavy atom. The van der Waals surface area contributed by atoms with Crippen LogP contribution in [0.5, 0.6) is 0 Å². The lowest BCUT2D eigenvalue weighted by atomic mass is 9.89. The molecule has 223 valence electrons. The van der Waals surface area contributed by atoms with Gasteiger partial charge in [0.15, 0.2) is 0 Å². The lowest BCUT2D eigenvalue weighted by Crippen LogP contribution is -2.58. The van der Waals surface area contributed by atoms with Gasteiger partial charge in [-0.3, -0.25) is 9.69 Å². The number of rotatable bonds is 10. The standard InChI is InChI=1S/C31H48FN3O3SSi/c1-7-8-12-27-33-26(22-39-27)29(36)35-18-20-37-31(23-35)14-16-34(17-15-31)21-25-11-9-10-24(28(25)32)13-19-38-40(5,6)30(2,3)4/h9-11,22H,7-8,12-21,23H2,1-6H3/q-1. The Bertz CT molecular complexity index is 1140. The molecule has 0 aliphatic carbocycles. The highest BCUT2D eigenvalue weighted by Gasteiger charge is 2.41. The number of unbranched alkanes of at least 4 members (excludes halogenated alkanes) is 1. The van der Waals surface area contributed by atoms with Crippen LogP contribution in [0.15, 0.2) is 23.6 Å². The Hall–Kier alpha value is -1.65. The molecule has 0 N–H and O–H groups in total. The Labute approximate surface area is 245 Å². The van der Waals surface area contributed by atoms with Crippen molar-refractivity contribution in [3.63, 3.8) is 0 Å². The van der Waals surface area contributed by atoms with E-state index in [2.05, 4.69) is 50.7 Å². The smallest absolute Gasteiger partial charge is 0.273 e. The van der Waals surface area contributed by atoms with E-state index in [1.807, 2.05) is 28.5 Å². The van der Waals surface area contributed by atoms with Gasteiger partial charge in [-0.1, -0.05) is 52.3 Å². The summed E-state index contributed by atoms with van der Waals surface area (Å²) in [6, 6.07) is 5.75. The summed E-state index contributed by atoms with van der Waals surface area (Å²) in [4.78, 5) is 22.1. The molecule has 3 heterocycles. The first-order valence-corrected chi connectivity index (χ1v) is 18.7. The minimum Gasteiger partial charge on any atom is -0.564 e. The maximum absolute atomic E-state index is 15.5. The molecule has 6 nitrogen and oxygen atoms in total. The number of morpholine rings is 1. The van der Waals surface area contributed by atoms with Crippen LogP contribution in [-0.4, -0.2) is 74.0 Å². The summed E-state index contributed by atoms with van der Waals surface area (Å²) in [6.45, 7) is 17.8. The number of carbonyl (C=O) groups excluding carboxylic acids is 1. The van der Waals surface area contributed by atoms with Gasteiger partial charge < -0.3 is 14.1 Å². The molecule has 2 aliphatic heterocycles. The van der Waals surface area contributed by atoms with Crippen molar-refractivity contribution in [3.8, 4) is 0 Å². The molecular weight excluding hydrogens is 542 g/mol. The molecule has 2 aliphatic rings. The van der Waals surface area contributed by atoms with E-state index in [1.165, 1.54) is 0 Å². The molecule has 0 unspecified atom stereocenters. The summed E-state index contributed by atoms with van der Waals surface area (Å²) in [7, 11) is -1.85. The van der Waals surface area contributed by atoms with Crippen LogP contribution in [0, 0.1) is 5.82 Å². The second-order valence-electron chi connectivity index (χ2n) is 13.0. The van der Waals surface area contributed by atoms with Crippen LogP contribution >= 0.6 is 11.3 Å². The zero-order valence-electron chi connectivity index (χ0n) is 25.4. The Kier molecular flexibility index (Phi) is 10.3. The third-order valence-corrected chi connectivity index (χ3v) is 14.5. The van der Waals surface area contributed by atoms with Crippen LogP contribution < -0.4 is 0 Å². The number of ether oxygens (including phenoxy) is 1. The van der Waals surface area contributed by atoms with Crippen molar-refractivity contribution in [2.24, 2.45) is 0 Å². The van der Waals surface area contributed by atoms with Gasteiger partial charge in [0.05, 0.1) is 23.8 Å². The van der Waals surface area contributed by atoms with Crippen LogP contribution in [0.2, 0.25) is 18.1 Å². The minimum absolute atomic E-state index is 0.0144. The normalized spacial score (nSPS) is 18.4. The average Bonchev–Trinajstić information content (AvgIpc) is 3.39. The second-order valence-corrected chi connectivity index (χ2v) is 18.8. The average molecular weight is 590 g/mol. The molecular formula is C31H48FN3O3SSi-. The first-order chi connectivity index (χ1) is 18.9. The van der Waals surface area contributed by atoms with Crippen molar-refractivity contribution >= 4 is 25.6 Å². The SMILES string of the molecule is CCCCc1nc(C(=O)N2CCOC3(CCN(Cc4cccc(CCO[Si-](C)(C)C(C)(C)C)c4F)CC3)C2)cs1. The predicted molar refractivity (Wildman–Crippen MR) is 163 cm³/mol. The number of aryl methyl sites for hydroxylation is 1. The second kappa shape index (κ2) is 13.1. The number of hydrogen-bond acceptors (Lipinski definition) is 6. The molecule has 2 saturated heterocycles. The Morgan fingerprint density at radius 3 is 2.60 bits per heavy atom. The highest BCUT2D eigenvalue weighted by molar-refractivity contribution is 7.09. The van der Waals surface area contributed by atoms with Crippen LogP contribution in [0.4, 0.5) is 4.39 Å². The lowest BCUT2D eigenvalue weighted by Gasteiger charge is -2.48. The van der Waals surface area contributed by atoms with E-state index in [9.17, 15) is 4.79 Å². The summed E-state index contributed by atoms with van der Waals surface area (Å²) >= 11 is 1.59. The van der Waals surface area contributed by atoms with E-state index in [0.29, 0.717) is 45.0 Å². The van der Waals surface area contributed by atoms with Gasteiger partial charge in [0, 0.05) is 43.7 Å². The summed E-state index contributed by atoms with van der Waals surface area (Å²) in [5, 5.41) is 3.09. The van der Waals surface area contributed by atoms with Crippen LogP contribution in [0.25, 0.3) is 0 Å². The molecule has 1 aromatic heterocycles. The molecule has 9 heteroatoms. The van der Waals surface area contributed by atoms with Gasteiger partial charge in [-0.15, -0.1) is 29.5 Å². The van der Waals surface area contributed by atoms with Crippen LogP contribution in [-0.2, 0) is 28.5 Å². The van der Waals surface area contributed by atoms with E-state index >= 15 is 4.39 Å². The van der Waals surface area contributed by atoms with Crippen molar-refractivity contribution < 1.29 is 18.3 Å². The number of thiazole rings is 1. The van der Waals surface area contributed by atoms with Crippen molar-refractivity contribution in [3.05, 3.63) is 51.2 Å². The van der Waals surface area contributed by atoms with Crippen molar-refractivity contribution in [1.29, 1.82) is 0 Å². The summed E-state index contributed by atoms with van der Waals surface area (Å²) in [5.74, 6) is -0.0885. The number of halogens is 1. The zero-order valence-corrected chi connectivity index (χ0v) is 27.2. The van der Waals surface area contributed by atoms with Gasteiger partial charge in [-0.25, -0.2) is 9.37 Å². The molecule has 1 aromatic carbocycles. The molecule has 0 radical (unpaired) electrons. The van der Waals surface area contributed by atoms with E-state index in [0.717, 1.165) is 61.3 Å². The van der Waals surface area contributed by atoms with Crippen molar-refractivity contribution in [2.75, 3.05) is 39.4 Å². The number of hydrogen-bond donors (Lipinski definition) is 0. The number of benzene rings is 1. The van der Waals surface area contributed by atoms with E-state index < -0.39 is 8.32 Å². The third-order valence-electron chi connectivity index (χ3n) is 9.01. The number of carbonyl (C=O) groups is 1. The fourth-order valence-electron chi connectivity index (χ4n) is 5.28.